The summed E-state index contributed by atoms with van der Waals surface area (Å²) < 4.78 is 5.32. The highest BCUT2D eigenvalue weighted by Gasteiger charge is 2.18. The van der Waals surface area contributed by atoms with Crippen LogP contribution < -0.4 is 5.32 Å². The van der Waals surface area contributed by atoms with Gasteiger partial charge in [-0.1, -0.05) is 0 Å². The average molecular weight is 232 g/mol. The molecular weight excluding hydrogens is 214 g/mol. The van der Waals surface area contributed by atoms with E-state index in [-0.39, 0.29) is 12.4 Å². The van der Waals surface area contributed by atoms with Crippen molar-refractivity contribution in [3.05, 3.63) is 17.7 Å². The van der Waals surface area contributed by atoms with Crippen molar-refractivity contribution >= 4 is 12.4 Å². The zero-order valence-electron chi connectivity index (χ0n) is 8.95. The van der Waals surface area contributed by atoms with Gasteiger partial charge in [-0.15, -0.1) is 12.4 Å². The van der Waals surface area contributed by atoms with Crippen molar-refractivity contribution in [1.82, 2.24) is 15.3 Å². The fourth-order valence-corrected chi connectivity index (χ4v) is 1.84. The Hall–Kier alpha value is -0.580. The van der Waals surface area contributed by atoms with Crippen molar-refractivity contribution in [1.29, 1.82) is 0 Å². The number of hydrogen-bond acceptors (Lipinski definition) is 3. The first kappa shape index (κ1) is 12.5. The van der Waals surface area contributed by atoms with Gasteiger partial charge in [0.1, 0.15) is 5.82 Å². The van der Waals surface area contributed by atoms with Gasteiger partial charge in [-0.2, -0.15) is 0 Å². The van der Waals surface area contributed by atoms with Crippen LogP contribution >= 0.6 is 12.4 Å². The van der Waals surface area contributed by atoms with Crippen LogP contribution in [0.3, 0.4) is 0 Å². The van der Waals surface area contributed by atoms with Gasteiger partial charge in [0.2, 0.25) is 0 Å². The van der Waals surface area contributed by atoms with Crippen molar-refractivity contribution in [2.75, 3.05) is 20.3 Å². The summed E-state index contributed by atoms with van der Waals surface area (Å²) in [4.78, 5) is 7.76. The second kappa shape index (κ2) is 6.10. The number of nitrogens with zero attached hydrogens (tertiary/aromatic N) is 1. The van der Waals surface area contributed by atoms with Crippen LogP contribution in [0.1, 0.15) is 30.3 Å². The molecule has 1 aromatic heterocycles. The normalized spacial score (nSPS) is 17.4. The summed E-state index contributed by atoms with van der Waals surface area (Å²) in [6.07, 6.45) is 4.10. The third-order valence-corrected chi connectivity index (χ3v) is 2.62. The third kappa shape index (κ3) is 3.19. The first-order chi connectivity index (χ1) is 6.90. The molecule has 1 aromatic rings. The maximum Gasteiger partial charge on any atom is 0.109 e. The smallest absolute Gasteiger partial charge is 0.109 e. The molecular formula is C10H18ClN3O. The number of imidazole rings is 1. The van der Waals surface area contributed by atoms with E-state index < -0.39 is 0 Å². The molecule has 0 saturated carbocycles. The topological polar surface area (TPSA) is 49.9 Å². The molecule has 1 fully saturated rings. The molecule has 1 saturated heterocycles. The second-order valence-corrected chi connectivity index (χ2v) is 3.71. The summed E-state index contributed by atoms with van der Waals surface area (Å²) in [5.74, 6) is 1.69. The van der Waals surface area contributed by atoms with E-state index in [0.29, 0.717) is 5.92 Å². The molecule has 0 radical (unpaired) electrons. The zero-order valence-corrected chi connectivity index (χ0v) is 9.77. The van der Waals surface area contributed by atoms with E-state index in [0.717, 1.165) is 44.1 Å². The highest BCUT2D eigenvalue weighted by atomic mass is 35.5. The number of H-pyrrole nitrogens is 1. The fourth-order valence-electron chi connectivity index (χ4n) is 1.84. The van der Waals surface area contributed by atoms with Crippen LogP contribution in [0.4, 0.5) is 0 Å². The highest BCUT2D eigenvalue weighted by Crippen LogP contribution is 2.24. The standard InChI is InChI=1S/C10H17N3O.ClH/c1-11-6-9-7-12-10(13-9)8-2-4-14-5-3-8;/h7-8,11H,2-6H2,1H3,(H,12,13);1H. The molecule has 0 spiro atoms. The quantitative estimate of drug-likeness (QED) is 0.828. The van der Waals surface area contributed by atoms with Crippen molar-refractivity contribution in [3.8, 4) is 0 Å². The summed E-state index contributed by atoms with van der Waals surface area (Å²) in [5.41, 5.74) is 1.16. The molecule has 0 aromatic carbocycles. The van der Waals surface area contributed by atoms with Crippen LogP contribution in [0.5, 0.6) is 0 Å². The summed E-state index contributed by atoms with van der Waals surface area (Å²) in [6.45, 7) is 2.59. The van der Waals surface area contributed by atoms with E-state index in [4.69, 9.17) is 4.74 Å². The van der Waals surface area contributed by atoms with Gasteiger partial charge < -0.3 is 15.0 Å². The monoisotopic (exact) mass is 231 g/mol. The molecule has 2 heterocycles. The summed E-state index contributed by atoms with van der Waals surface area (Å²) in [6, 6.07) is 0. The Labute approximate surface area is 96.2 Å². The minimum atomic E-state index is 0. The molecule has 1 aliphatic heterocycles. The van der Waals surface area contributed by atoms with Crippen LogP contribution in [0.2, 0.25) is 0 Å². The molecule has 4 nitrogen and oxygen atoms in total. The van der Waals surface area contributed by atoms with Crippen molar-refractivity contribution in [2.45, 2.75) is 25.3 Å². The summed E-state index contributed by atoms with van der Waals surface area (Å²) in [7, 11) is 1.94. The third-order valence-electron chi connectivity index (χ3n) is 2.62. The number of ether oxygens (including phenoxy) is 1. The lowest BCUT2D eigenvalue weighted by atomic mass is 10.00. The number of halogens is 1. The molecule has 15 heavy (non-hydrogen) atoms. The molecule has 0 atom stereocenters. The van der Waals surface area contributed by atoms with Gasteiger partial charge in [0.05, 0.1) is 0 Å². The largest absolute Gasteiger partial charge is 0.381 e. The van der Waals surface area contributed by atoms with Crippen LogP contribution in [-0.4, -0.2) is 30.2 Å². The van der Waals surface area contributed by atoms with Crippen LogP contribution in [-0.2, 0) is 11.3 Å². The molecule has 2 N–H and O–H groups in total. The predicted octanol–water partition coefficient (Wildman–Crippen LogP) is 1.44. The summed E-state index contributed by atoms with van der Waals surface area (Å²) >= 11 is 0. The number of aromatic nitrogens is 2. The molecule has 5 heteroatoms. The maximum atomic E-state index is 5.32. The van der Waals surface area contributed by atoms with Gasteiger partial charge in [-0.05, 0) is 19.9 Å². The molecule has 0 unspecified atom stereocenters. The number of aromatic amines is 1. The molecule has 2 rings (SSSR count). The minimum Gasteiger partial charge on any atom is -0.381 e. The van der Waals surface area contributed by atoms with Gasteiger partial charge in [0, 0.05) is 37.6 Å². The van der Waals surface area contributed by atoms with Crippen LogP contribution in [0.15, 0.2) is 6.20 Å². The van der Waals surface area contributed by atoms with E-state index in [1.165, 1.54) is 0 Å². The number of rotatable bonds is 3. The Bertz CT molecular complexity index is 284. The Morgan fingerprint density at radius 2 is 2.27 bits per heavy atom. The molecule has 86 valence electrons. The van der Waals surface area contributed by atoms with Crippen molar-refractivity contribution in [2.24, 2.45) is 0 Å². The van der Waals surface area contributed by atoms with Gasteiger partial charge in [0.25, 0.3) is 0 Å². The van der Waals surface area contributed by atoms with Crippen molar-refractivity contribution < 1.29 is 4.74 Å². The predicted molar refractivity (Wildman–Crippen MR) is 61.4 cm³/mol. The number of hydrogen-bond donors (Lipinski definition) is 2. The highest BCUT2D eigenvalue weighted by molar-refractivity contribution is 5.85. The fraction of sp³-hybridized carbons (Fsp3) is 0.700. The summed E-state index contributed by atoms with van der Waals surface area (Å²) in [5, 5.41) is 3.10. The molecule has 0 aliphatic carbocycles. The number of nitrogens with one attached hydrogen (secondary N) is 2. The Balaban J connectivity index is 0.00000112. The molecule has 0 amide bonds. The SMILES string of the molecule is CNCc1cnc(C2CCOCC2)[nH]1.Cl. The van der Waals surface area contributed by atoms with Gasteiger partial charge in [0.15, 0.2) is 0 Å². The average Bonchev–Trinajstić information content (AvgIpc) is 2.68. The van der Waals surface area contributed by atoms with E-state index in [1.54, 1.807) is 0 Å². The van der Waals surface area contributed by atoms with Crippen LogP contribution in [0.25, 0.3) is 0 Å². The molecule has 1 aliphatic rings. The lowest BCUT2D eigenvalue weighted by Gasteiger charge is -2.19. The first-order valence-corrected chi connectivity index (χ1v) is 5.16. The Morgan fingerprint density at radius 3 is 2.93 bits per heavy atom. The zero-order chi connectivity index (χ0) is 9.80. The van der Waals surface area contributed by atoms with Crippen molar-refractivity contribution in [3.63, 3.8) is 0 Å². The van der Waals surface area contributed by atoms with E-state index in [1.807, 2.05) is 13.2 Å². The van der Waals surface area contributed by atoms with E-state index >= 15 is 0 Å². The lowest BCUT2D eigenvalue weighted by molar-refractivity contribution is 0.0837. The van der Waals surface area contributed by atoms with Gasteiger partial charge in [-0.25, -0.2) is 4.98 Å². The molecule has 0 bridgehead atoms. The second-order valence-electron chi connectivity index (χ2n) is 3.71. The first-order valence-electron chi connectivity index (χ1n) is 5.16. The van der Waals surface area contributed by atoms with E-state index in [9.17, 15) is 0 Å². The van der Waals surface area contributed by atoms with E-state index in [2.05, 4.69) is 15.3 Å². The minimum absolute atomic E-state index is 0. The lowest BCUT2D eigenvalue weighted by Crippen LogP contribution is -2.15. The van der Waals surface area contributed by atoms with Gasteiger partial charge in [-0.3, -0.25) is 0 Å². The Kier molecular flexibility index (Phi) is 5.08. The van der Waals surface area contributed by atoms with Gasteiger partial charge >= 0.3 is 0 Å². The van der Waals surface area contributed by atoms with Crippen LogP contribution in [0, 0.1) is 0 Å². The Morgan fingerprint density at radius 1 is 1.53 bits per heavy atom. The maximum absolute atomic E-state index is 5.32.